The molecule has 0 saturated carbocycles. The molecule has 0 aliphatic rings. The van der Waals surface area contributed by atoms with E-state index in [9.17, 15) is 30.4 Å². The van der Waals surface area contributed by atoms with Crippen LogP contribution in [-0.2, 0) is 14.3 Å². The van der Waals surface area contributed by atoms with Crippen LogP contribution in [0.5, 0.6) is 0 Å². The van der Waals surface area contributed by atoms with E-state index in [1.807, 2.05) is 15.9 Å². The van der Waals surface area contributed by atoms with Crippen LogP contribution in [0.2, 0.25) is 0 Å². The monoisotopic (exact) mass is 292 g/mol. The maximum atomic E-state index is 12.0. The van der Waals surface area contributed by atoms with Gasteiger partial charge in [0.1, 0.15) is 0 Å². The average Bonchev–Trinajstić information content (AvgIpc) is 1.83. The van der Waals surface area contributed by atoms with Gasteiger partial charge in [0.05, 0.1) is 0 Å². The fourth-order valence-electron chi connectivity index (χ4n) is 0.218. The highest BCUT2D eigenvalue weighted by Gasteiger charge is 2.49. The van der Waals surface area contributed by atoms with Crippen molar-refractivity contribution in [3.63, 3.8) is 0 Å². The first-order chi connectivity index (χ1) is 5.58. The van der Waals surface area contributed by atoms with E-state index in [4.69, 9.17) is 0 Å². The molecule has 0 aromatic heterocycles. The summed E-state index contributed by atoms with van der Waals surface area (Å²) in [5, 5.41) is -2.65. The summed E-state index contributed by atoms with van der Waals surface area (Å²) in [5.74, 6) is 0. The predicted octanol–water partition coefficient (Wildman–Crippen LogP) is 1.84. The molecule has 10 heteroatoms. The minimum Gasteiger partial charge on any atom is -0.229 e. The molecule has 0 saturated heterocycles. The zero-order valence-electron chi connectivity index (χ0n) is 5.56. The van der Waals surface area contributed by atoms with Crippen molar-refractivity contribution in [3.05, 3.63) is 0 Å². The topological polar surface area (TPSA) is 43.4 Å². The third-order valence-electron chi connectivity index (χ3n) is 0.700. The summed E-state index contributed by atoms with van der Waals surface area (Å²) in [6.07, 6.45) is -3.23. The first-order valence-electron chi connectivity index (χ1n) is 2.49. The van der Waals surface area contributed by atoms with Crippen LogP contribution in [0.25, 0.3) is 0 Å². The van der Waals surface area contributed by atoms with Gasteiger partial charge in [0.2, 0.25) is 5.08 Å². The van der Waals surface area contributed by atoms with Gasteiger partial charge in [0.15, 0.2) is 0 Å². The Kier molecular flexibility index (Phi) is 4.06. The molecule has 3 nitrogen and oxygen atoms in total. The van der Waals surface area contributed by atoms with Crippen molar-refractivity contribution in [3.8, 4) is 0 Å². The molecule has 2 unspecified atom stereocenters. The van der Waals surface area contributed by atoms with Gasteiger partial charge < -0.3 is 0 Å². The fraction of sp³-hybridized carbons (Fsp3) is 1.00. The molecule has 0 N–H and O–H groups in total. The summed E-state index contributed by atoms with van der Waals surface area (Å²) in [4.78, 5) is 0. The van der Waals surface area contributed by atoms with Gasteiger partial charge in [-0.25, -0.2) is 13.0 Å². The number of rotatable bonds is 3. The van der Waals surface area contributed by atoms with Gasteiger partial charge in [-0.15, -0.1) is 0 Å². The fourth-order valence-corrected chi connectivity index (χ4v) is 0.917. The summed E-state index contributed by atoms with van der Waals surface area (Å²) in [5.41, 5.74) is -5.76. The number of hydrogen-bond acceptors (Lipinski definition) is 3. The molecule has 0 radical (unpaired) electrons. The molecule has 0 bridgehead atoms. The molecular formula is C3H2BrF5O3S. The largest absolute Gasteiger partial charge is 0.523 e. The lowest BCUT2D eigenvalue weighted by molar-refractivity contribution is -0.0678. The van der Waals surface area contributed by atoms with Crippen LogP contribution in [0.3, 0.4) is 0 Å². The van der Waals surface area contributed by atoms with Crippen molar-refractivity contribution in [2.24, 2.45) is 0 Å². The third kappa shape index (κ3) is 3.73. The highest BCUT2D eigenvalue weighted by molar-refractivity contribution is 9.09. The Bertz CT molecular complexity index is 259. The summed E-state index contributed by atoms with van der Waals surface area (Å²) in [6.45, 7) is 0. The van der Waals surface area contributed by atoms with E-state index in [1.165, 1.54) is 0 Å². The second-order valence-corrected chi connectivity index (χ2v) is 4.12. The van der Waals surface area contributed by atoms with E-state index < -0.39 is 27.1 Å². The van der Waals surface area contributed by atoms with Crippen LogP contribution in [0.1, 0.15) is 0 Å². The van der Waals surface area contributed by atoms with Gasteiger partial charge >= 0.3 is 15.6 Å². The van der Waals surface area contributed by atoms with Gasteiger partial charge in [0.25, 0.3) is 6.36 Å². The summed E-state index contributed by atoms with van der Waals surface area (Å²) in [6, 6.07) is 0. The van der Waals surface area contributed by atoms with Gasteiger partial charge in [-0.1, -0.05) is 0 Å². The Balaban J connectivity index is 4.55. The summed E-state index contributed by atoms with van der Waals surface area (Å²) < 4.78 is 81.0. The van der Waals surface area contributed by atoms with E-state index in [2.05, 4.69) is 4.18 Å². The Morgan fingerprint density at radius 1 is 1.23 bits per heavy atom. The first-order valence-corrected chi connectivity index (χ1v) is 4.82. The lowest BCUT2D eigenvalue weighted by Gasteiger charge is -2.11. The molecule has 0 spiro atoms. The molecule has 0 heterocycles. The molecule has 0 aliphatic carbocycles. The Labute approximate surface area is 78.1 Å². The number of halogens is 6. The molecule has 0 aromatic rings. The second kappa shape index (κ2) is 4.05. The smallest absolute Gasteiger partial charge is 0.229 e. The van der Waals surface area contributed by atoms with E-state index >= 15 is 0 Å². The molecule has 0 aromatic carbocycles. The normalized spacial score (nSPS) is 18.3. The van der Waals surface area contributed by atoms with Crippen molar-refractivity contribution >= 4 is 26.0 Å². The standard InChI is InChI=1S/C3H2BrF5O3S/c4-1(5)2(6)12-13(10,11)3(7,8)9/h1-2H. The molecular weight excluding hydrogens is 291 g/mol. The molecule has 13 heavy (non-hydrogen) atoms. The van der Waals surface area contributed by atoms with Gasteiger partial charge in [0, 0.05) is 0 Å². The van der Waals surface area contributed by atoms with Crippen molar-refractivity contribution in [1.82, 2.24) is 0 Å². The number of alkyl halides is 6. The second-order valence-electron chi connectivity index (χ2n) is 1.68. The lowest BCUT2D eigenvalue weighted by atomic mass is 10.8. The zero-order chi connectivity index (χ0) is 10.9. The highest BCUT2D eigenvalue weighted by atomic mass is 79.9. The van der Waals surface area contributed by atoms with E-state index in [-0.39, 0.29) is 0 Å². The Hall–Kier alpha value is 0.0400. The van der Waals surface area contributed by atoms with Crippen molar-refractivity contribution < 1.29 is 34.6 Å². The quantitative estimate of drug-likeness (QED) is 0.345. The lowest BCUT2D eigenvalue weighted by Crippen LogP contribution is -2.30. The number of hydrogen-bond donors (Lipinski definition) is 0. The molecule has 2 atom stereocenters. The molecule has 0 rings (SSSR count). The maximum Gasteiger partial charge on any atom is 0.523 e. The van der Waals surface area contributed by atoms with Crippen LogP contribution >= 0.6 is 15.9 Å². The van der Waals surface area contributed by atoms with Crippen molar-refractivity contribution in [2.75, 3.05) is 0 Å². The third-order valence-corrected chi connectivity index (χ3v) is 2.12. The zero-order valence-corrected chi connectivity index (χ0v) is 7.96. The van der Waals surface area contributed by atoms with Crippen LogP contribution in [0, 0.1) is 0 Å². The van der Waals surface area contributed by atoms with Crippen LogP contribution in [0.15, 0.2) is 0 Å². The SMILES string of the molecule is O=S(=O)(OC(F)C(F)Br)C(F)(F)F. The van der Waals surface area contributed by atoms with E-state index in [0.29, 0.717) is 0 Å². The predicted molar refractivity (Wildman–Crippen MR) is 34.8 cm³/mol. The van der Waals surface area contributed by atoms with Gasteiger partial charge in [-0.05, 0) is 15.9 Å². The van der Waals surface area contributed by atoms with E-state index in [0.717, 1.165) is 0 Å². The van der Waals surface area contributed by atoms with Crippen molar-refractivity contribution in [1.29, 1.82) is 0 Å². The molecule has 80 valence electrons. The molecule has 0 aliphatic heterocycles. The Morgan fingerprint density at radius 2 is 1.62 bits per heavy atom. The minimum atomic E-state index is -6.09. The molecule has 0 fully saturated rings. The Morgan fingerprint density at radius 3 is 1.85 bits per heavy atom. The molecule has 0 amide bonds. The maximum absolute atomic E-state index is 12.0. The van der Waals surface area contributed by atoms with Crippen LogP contribution in [-0.4, -0.2) is 25.4 Å². The van der Waals surface area contributed by atoms with Gasteiger partial charge in [-0.3, -0.25) is 0 Å². The van der Waals surface area contributed by atoms with Crippen molar-refractivity contribution in [2.45, 2.75) is 16.9 Å². The van der Waals surface area contributed by atoms with Crippen LogP contribution < -0.4 is 0 Å². The average molecular weight is 293 g/mol. The first kappa shape index (κ1) is 13.0. The minimum absolute atomic E-state index is 1.86. The summed E-state index contributed by atoms with van der Waals surface area (Å²) in [7, 11) is -6.09. The summed E-state index contributed by atoms with van der Waals surface area (Å²) >= 11 is 1.86. The highest BCUT2D eigenvalue weighted by Crippen LogP contribution is 2.27. The van der Waals surface area contributed by atoms with Crippen LogP contribution in [0.4, 0.5) is 22.0 Å². The van der Waals surface area contributed by atoms with E-state index in [1.54, 1.807) is 0 Å². The van der Waals surface area contributed by atoms with Gasteiger partial charge in [-0.2, -0.15) is 21.6 Å².